The van der Waals surface area contributed by atoms with E-state index in [0.29, 0.717) is 0 Å². The molecule has 1 aromatic carbocycles. The number of nitrogens with two attached hydrogens (primary N) is 1. The Morgan fingerprint density at radius 3 is 2.33 bits per heavy atom. The molecule has 0 unspecified atom stereocenters. The molecule has 112 valence electrons. The van der Waals surface area contributed by atoms with Crippen LogP contribution in [0.15, 0.2) is 36.5 Å². The summed E-state index contributed by atoms with van der Waals surface area (Å²) >= 11 is 0. The Morgan fingerprint density at radius 2 is 1.86 bits per heavy atom. The van der Waals surface area contributed by atoms with Crippen molar-refractivity contribution in [2.45, 2.75) is 46.1 Å². The van der Waals surface area contributed by atoms with E-state index in [1.807, 2.05) is 25.1 Å². The summed E-state index contributed by atoms with van der Waals surface area (Å²) < 4.78 is 5.91. The molecule has 0 bridgehead atoms. The standard InChI is InChI=1S/C18H24N2O/c1-12-10-14(18(3,4)5)6-9-17(12)21-15-7-8-16(13(2)19)20-11-15/h6-11,13H,19H2,1-5H3/t13-/m1/s1. The van der Waals surface area contributed by atoms with E-state index < -0.39 is 0 Å². The summed E-state index contributed by atoms with van der Waals surface area (Å²) in [6.07, 6.45) is 1.72. The third-order valence-corrected chi connectivity index (χ3v) is 3.49. The van der Waals surface area contributed by atoms with E-state index >= 15 is 0 Å². The van der Waals surface area contributed by atoms with Crippen LogP contribution in [0.4, 0.5) is 0 Å². The highest BCUT2D eigenvalue weighted by Crippen LogP contribution is 2.30. The normalized spacial score (nSPS) is 13.0. The molecule has 21 heavy (non-hydrogen) atoms. The average Bonchev–Trinajstić information content (AvgIpc) is 2.40. The number of nitrogens with zero attached hydrogens (tertiary/aromatic N) is 1. The van der Waals surface area contributed by atoms with Gasteiger partial charge in [0.25, 0.3) is 0 Å². The lowest BCUT2D eigenvalue weighted by Gasteiger charge is -2.20. The summed E-state index contributed by atoms with van der Waals surface area (Å²) in [4.78, 5) is 4.31. The predicted molar refractivity (Wildman–Crippen MR) is 86.8 cm³/mol. The summed E-state index contributed by atoms with van der Waals surface area (Å²) in [6.45, 7) is 10.6. The van der Waals surface area contributed by atoms with Crippen molar-refractivity contribution in [3.8, 4) is 11.5 Å². The lowest BCUT2D eigenvalue weighted by Crippen LogP contribution is -2.11. The topological polar surface area (TPSA) is 48.1 Å². The Kier molecular flexibility index (Phi) is 4.33. The van der Waals surface area contributed by atoms with Crippen molar-refractivity contribution in [1.29, 1.82) is 0 Å². The van der Waals surface area contributed by atoms with Crippen molar-refractivity contribution in [3.63, 3.8) is 0 Å². The number of aromatic nitrogens is 1. The molecule has 0 spiro atoms. The summed E-state index contributed by atoms with van der Waals surface area (Å²) in [5, 5.41) is 0. The molecule has 2 rings (SSSR count). The van der Waals surface area contributed by atoms with Gasteiger partial charge in [-0.05, 0) is 48.6 Å². The van der Waals surface area contributed by atoms with Gasteiger partial charge in [-0.25, -0.2) is 0 Å². The minimum absolute atomic E-state index is 0.0631. The van der Waals surface area contributed by atoms with Crippen LogP contribution in [0.1, 0.15) is 50.6 Å². The lowest BCUT2D eigenvalue weighted by atomic mass is 9.86. The summed E-state index contributed by atoms with van der Waals surface area (Å²) in [5.41, 5.74) is 9.23. The van der Waals surface area contributed by atoms with Crippen molar-refractivity contribution in [2.75, 3.05) is 0 Å². The maximum atomic E-state index is 5.91. The molecule has 0 saturated heterocycles. The third kappa shape index (κ3) is 3.82. The largest absolute Gasteiger partial charge is 0.455 e. The smallest absolute Gasteiger partial charge is 0.145 e. The molecule has 0 aliphatic carbocycles. The van der Waals surface area contributed by atoms with Gasteiger partial charge in [-0.1, -0.05) is 32.9 Å². The zero-order valence-corrected chi connectivity index (χ0v) is 13.5. The fraction of sp³-hybridized carbons (Fsp3) is 0.389. The van der Waals surface area contributed by atoms with Gasteiger partial charge in [-0.3, -0.25) is 4.98 Å². The molecule has 0 fully saturated rings. The second-order valence-corrected chi connectivity index (χ2v) is 6.54. The third-order valence-electron chi connectivity index (χ3n) is 3.49. The molecule has 1 aromatic heterocycles. The molecule has 2 aromatic rings. The minimum Gasteiger partial charge on any atom is -0.455 e. The van der Waals surface area contributed by atoms with Gasteiger partial charge < -0.3 is 10.5 Å². The molecule has 1 atom stereocenters. The summed E-state index contributed by atoms with van der Waals surface area (Å²) in [5.74, 6) is 1.59. The van der Waals surface area contributed by atoms with Crippen LogP contribution in [-0.4, -0.2) is 4.98 Å². The Balaban J connectivity index is 2.20. The number of benzene rings is 1. The number of pyridine rings is 1. The molecule has 0 aliphatic heterocycles. The highest BCUT2D eigenvalue weighted by Gasteiger charge is 2.15. The van der Waals surface area contributed by atoms with Gasteiger partial charge in [-0.15, -0.1) is 0 Å². The van der Waals surface area contributed by atoms with Crippen molar-refractivity contribution in [3.05, 3.63) is 53.3 Å². The molecule has 0 saturated carbocycles. The molecular formula is C18H24N2O. The average molecular weight is 284 g/mol. The number of aryl methyl sites for hydroxylation is 1. The number of hydrogen-bond donors (Lipinski definition) is 1. The molecule has 3 heteroatoms. The fourth-order valence-electron chi connectivity index (χ4n) is 2.08. The van der Waals surface area contributed by atoms with Gasteiger partial charge in [0, 0.05) is 6.04 Å². The highest BCUT2D eigenvalue weighted by atomic mass is 16.5. The zero-order chi connectivity index (χ0) is 15.6. The van der Waals surface area contributed by atoms with Gasteiger partial charge >= 0.3 is 0 Å². The predicted octanol–water partition coefficient (Wildman–Crippen LogP) is 4.50. The van der Waals surface area contributed by atoms with Crippen LogP contribution in [0.25, 0.3) is 0 Å². The number of rotatable bonds is 3. The van der Waals surface area contributed by atoms with Crippen LogP contribution >= 0.6 is 0 Å². The van der Waals surface area contributed by atoms with Crippen LogP contribution in [-0.2, 0) is 5.41 Å². The van der Waals surface area contributed by atoms with Gasteiger partial charge in [-0.2, -0.15) is 0 Å². The Bertz CT molecular complexity index is 610. The van der Waals surface area contributed by atoms with E-state index in [-0.39, 0.29) is 11.5 Å². The van der Waals surface area contributed by atoms with Crippen molar-refractivity contribution >= 4 is 0 Å². The second-order valence-electron chi connectivity index (χ2n) is 6.54. The lowest BCUT2D eigenvalue weighted by molar-refractivity contribution is 0.474. The van der Waals surface area contributed by atoms with Crippen LogP contribution in [0.3, 0.4) is 0 Å². The van der Waals surface area contributed by atoms with E-state index in [4.69, 9.17) is 10.5 Å². The van der Waals surface area contributed by atoms with Crippen molar-refractivity contribution < 1.29 is 4.74 Å². The summed E-state index contributed by atoms with van der Waals surface area (Å²) in [7, 11) is 0. The maximum absolute atomic E-state index is 5.91. The number of hydrogen-bond acceptors (Lipinski definition) is 3. The SMILES string of the molecule is Cc1cc(C(C)(C)C)ccc1Oc1ccc([C@@H](C)N)nc1. The first-order chi connectivity index (χ1) is 9.77. The zero-order valence-electron chi connectivity index (χ0n) is 13.5. The first-order valence-electron chi connectivity index (χ1n) is 7.28. The minimum atomic E-state index is -0.0631. The van der Waals surface area contributed by atoms with E-state index in [1.165, 1.54) is 5.56 Å². The highest BCUT2D eigenvalue weighted by molar-refractivity contribution is 5.41. The maximum Gasteiger partial charge on any atom is 0.145 e. The molecular weight excluding hydrogens is 260 g/mol. The second kappa shape index (κ2) is 5.86. The Hall–Kier alpha value is -1.87. The Labute approximate surface area is 127 Å². The quantitative estimate of drug-likeness (QED) is 0.902. The van der Waals surface area contributed by atoms with Crippen LogP contribution in [0.2, 0.25) is 0 Å². The first-order valence-corrected chi connectivity index (χ1v) is 7.28. The molecule has 3 nitrogen and oxygen atoms in total. The van der Waals surface area contributed by atoms with Gasteiger partial charge in [0.1, 0.15) is 11.5 Å². The molecule has 0 aliphatic rings. The van der Waals surface area contributed by atoms with Gasteiger partial charge in [0.2, 0.25) is 0 Å². The van der Waals surface area contributed by atoms with Gasteiger partial charge in [0.15, 0.2) is 0 Å². The van der Waals surface area contributed by atoms with E-state index in [0.717, 1.165) is 22.8 Å². The van der Waals surface area contributed by atoms with Crippen LogP contribution < -0.4 is 10.5 Å². The number of ether oxygens (including phenoxy) is 1. The van der Waals surface area contributed by atoms with Crippen molar-refractivity contribution in [1.82, 2.24) is 4.98 Å². The molecule has 0 amide bonds. The van der Waals surface area contributed by atoms with E-state index in [1.54, 1.807) is 6.20 Å². The molecule has 0 radical (unpaired) electrons. The van der Waals surface area contributed by atoms with Gasteiger partial charge in [0.05, 0.1) is 11.9 Å². The Morgan fingerprint density at radius 1 is 1.14 bits per heavy atom. The molecule has 1 heterocycles. The van der Waals surface area contributed by atoms with Crippen LogP contribution in [0, 0.1) is 6.92 Å². The van der Waals surface area contributed by atoms with E-state index in [2.05, 4.69) is 44.8 Å². The van der Waals surface area contributed by atoms with Crippen LogP contribution in [0.5, 0.6) is 11.5 Å². The van der Waals surface area contributed by atoms with Crippen molar-refractivity contribution in [2.24, 2.45) is 5.73 Å². The fourth-order valence-corrected chi connectivity index (χ4v) is 2.08. The van der Waals surface area contributed by atoms with E-state index in [9.17, 15) is 0 Å². The molecule has 2 N–H and O–H groups in total. The summed E-state index contributed by atoms with van der Waals surface area (Å²) in [6, 6.07) is 10.1. The monoisotopic (exact) mass is 284 g/mol. The first kappa shape index (κ1) is 15.5.